The van der Waals surface area contributed by atoms with E-state index in [9.17, 15) is 23.6 Å². The van der Waals surface area contributed by atoms with Gasteiger partial charge in [-0.2, -0.15) is 9.97 Å². The largest absolute Gasteiger partial charge is 0.468 e. The summed E-state index contributed by atoms with van der Waals surface area (Å²) in [4.78, 5) is 77.6. The normalized spacial score (nSPS) is 23.9. The van der Waals surface area contributed by atoms with Crippen LogP contribution in [0.3, 0.4) is 0 Å². The van der Waals surface area contributed by atoms with E-state index in [1.54, 1.807) is 4.90 Å². The number of fused-ring (bicyclic) bond motifs is 5. The standard InChI is InChI=1S/C61H70F4N10O8/c1-58(2,3)83-57(79)75-39-6-7-40(75)29-73(28-39)53-44-26-66-51(43-25-41(82-35-80-4)24-36-5-10-45(62)49(63)48(36)43)50(64)52(44)68-56(69-53)81-34-60(13-14-60)32-70-17-15-59(16-18-70)30-61(65,31-59)33-71-19-21-72(22-20-71)38-8-9-42-37(23-38)27-74(55(42)78)46-11-12-47(76)67-54(46)77/h5,8-10,23-26,39-40,46H,6-7,11-22,27-35H2,1-4H3,(H,67,76,77)/t39?,40?,46-/m0/s1. The summed E-state index contributed by atoms with van der Waals surface area (Å²) < 4.78 is 88.0. The van der Waals surface area contributed by atoms with Crippen molar-refractivity contribution < 1.29 is 55.7 Å². The van der Waals surface area contributed by atoms with Crippen molar-refractivity contribution in [3.63, 3.8) is 0 Å². The van der Waals surface area contributed by atoms with Crippen LogP contribution in [-0.2, 0) is 25.6 Å². The molecule has 5 aromatic rings. The summed E-state index contributed by atoms with van der Waals surface area (Å²) in [6.07, 6.45) is 7.84. The van der Waals surface area contributed by atoms with E-state index in [4.69, 9.17) is 28.9 Å². The molecule has 2 bridgehead atoms. The highest BCUT2D eigenvalue weighted by Gasteiger charge is 2.57. The minimum Gasteiger partial charge on any atom is -0.468 e. The molecule has 1 N–H and O–H groups in total. The van der Waals surface area contributed by atoms with Gasteiger partial charge in [0.25, 0.3) is 5.91 Å². The topological polar surface area (TPSA) is 175 Å². The van der Waals surface area contributed by atoms with E-state index in [2.05, 4.69) is 25.0 Å². The first-order chi connectivity index (χ1) is 39.7. The first-order valence-corrected chi connectivity index (χ1v) is 29.2. The molecule has 4 amide bonds. The highest BCUT2D eigenvalue weighted by atomic mass is 19.2. The molecule has 13 rings (SSSR count). The van der Waals surface area contributed by atoms with Gasteiger partial charge in [-0.25, -0.2) is 22.4 Å². The third-order valence-corrected chi connectivity index (χ3v) is 18.7. The molecule has 3 aromatic carbocycles. The van der Waals surface area contributed by atoms with Crippen molar-refractivity contribution in [3.8, 4) is 23.0 Å². The number of alkyl halides is 1. The van der Waals surface area contributed by atoms with Crippen LogP contribution >= 0.6 is 0 Å². The summed E-state index contributed by atoms with van der Waals surface area (Å²) in [6.45, 7) is 12.5. The minimum atomic E-state index is -1.24. The Morgan fingerprint density at radius 3 is 2.24 bits per heavy atom. The molecule has 2 aliphatic carbocycles. The summed E-state index contributed by atoms with van der Waals surface area (Å²) in [5, 5.41) is 2.75. The molecule has 1 spiro atoms. The molecule has 83 heavy (non-hydrogen) atoms. The average molecular weight is 1150 g/mol. The number of carbonyl (C=O) groups is 4. The zero-order chi connectivity index (χ0) is 57.7. The van der Waals surface area contributed by atoms with Gasteiger partial charge in [-0.3, -0.25) is 34.5 Å². The first kappa shape index (κ1) is 55.3. The first-order valence-electron chi connectivity index (χ1n) is 29.2. The fourth-order valence-electron chi connectivity index (χ4n) is 14.5. The number of carbonyl (C=O) groups excluding carboxylic acids is 4. The van der Waals surface area contributed by atoms with Gasteiger partial charge in [-0.15, -0.1) is 0 Å². The van der Waals surface area contributed by atoms with Crippen LogP contribution in [0.25, 0.3) is 32.9 Å². The van der Waals surface area contributed by atoms with Crippen LogP contribution in [0.15, 0.2) is 48.7 Å². The zero-order valence-electron chi connectivity index (χ0n) is 47.4. The van der Waals surface area contributed by atoms with Gasteiger partial charge in [0.15, 0.2) is 24.2 Å². The average Bonchev–Trinajstić information content (AvgIpc) is 2.58. The molecule has 8 aliphatic rings. The number of pyridine rings is 1. The Balaban J connectivity index is 0.659. The van der Waals surface area contributed by atoms with Crippen molar-refractivity contribution in [1.82, 2.24) is 39.9 Å². The smallest absolute Gasteiger partial charge is 0.410 e. The lowest BCUT2D eigenvalue weighted by Crippen LogP contribution is -2.60. The summed E-state index contributed by atoms with van der Waals surface area (Å²) in [5.74, 6) is -3.46. The van der Waals surface area contributed by atoms with Crippen molar-refractivity contribution in [2.45, 2.75) is 121 Å². The van der Waals surface area contributed by atoms with Crippen molar-refractivity contribution in [1.29, 1.82) is 0 Å². The van der Waals surface area contributed by atoms with Gasteiger partial charge in [0.2, 0.25) is 11.8 Å². The van der Waals surface area contributed by atoms with Gasteiger partial charge < -0.3 is 38.5 Å². The number of imide groups is 1. The van der Waals surface area contributed by atoms with E-state index in [0.29, 0.717) is 62.2 Å². The monoisotopic (exact) mass is 1150 g/mol. The summed E-state index contributed by atoms with van der Waals surface area (Å²) >= 11 is 0. The van der Waals surface area contributed by atoms with E-state index in [0.717, 1.165) is 102 Å². The molecule has 8 heterocycles. The van der Waals surface area contributed by atoms with Gasteiger partial charge in [-0.1, -0.05) is 6.07 Å². The van der Waals surface area contributed by atoms with Gasteiger partial charge in [0, 0.05) is 106 Å². The lowest BCUT2D eigenvalue weighted by atomic mass is 9.55. The molecule has 7 fully saturated rings. The molecule has 2 unspecified atom stereocenters. The third-order valence-electron chi connectivity index (χ3n) is 18.7. The van der Waals surface area contributed by atoms with E-state index >= 15 is 13.2 Å². The summed E-state index contributed by atoms with van der Waals surface area (Å²) in [6, 6.07) is 10.1. The van der Waals surface area contributed by atoms with E-state index in [-0.39, 0.29) is 99.9 Å². The highest BCUT2D eigenvalue weighted by Crippen LogP contribution is 2.58. The number of likely N-dealkylation sites (tertiary alicyclic amines) is 1. The lowest BCUT2D eigenvalue weighted by Gasteiger charge is -2.57. The predicted molar refractivity (Wildman–Crippen MR) is 299 cm³/mol. The van der Waals surface area contributed by atoms with E-state index in [1.165, 1.54) is 31.5 Å². The number of nitrogens with zero attached hydrogens (tertiary/aromatic N) is 9. The maximum Gasteiger partial charge on any atom is 0.410 e. The number of ether oxygens (including phenoxy) is 4. The Bertz CT molecular complexity index is 3410. The van der Waals surface area contributed by atoms with Crippen LogP contribution in [0.2, 0.25) is 0 Å². The van der Waals surface area contributed by atoms with Crippen LogP contribution in [0.5, 0.6) is 11.8 Å². The van der Waals surface area contributed by atoms with Crippen LogP contribution < -0.4 is 24.6 Å². The Labute approximate surface area is 478 Å². The Morgan fingerprint density at radius 2 is 1.54 bits per heavy atom. The number of hydrogen-bond acceptors (Lipinski definition) is 15. The maximum absolute atomic E-state index is 17.5. The highest BCUT2D eigenvalue weighted by molar-refractivity contribution is 6.06. The van der Waals surface area contributed by atoms with Crippen molar-refractivity contribution in [3.05, 3.63) is 77.2 Å². The van der Waals surface area contributed by atoms with Crippen LogP contribution in [-0.4, -0.2) is 174 Å². The Morgan fingerprint density at radius 1 is 0.807 bits per heavy atom. The molecule has 3 atom stereocenters. The van der Waals surface area contributed by atoms with Gasteiger partial charge >= 0.3 is 12.1 Å². The SMILES string of the molecule is COCOc1cc(-c2ncc3c(N4CC5CCC(C4)N5C(=O)OC(C)(C)C)nc(OCC4(CN5CCC6(CC5)CC(F)(CN5CCN(c7ccc8c(c7)CN([C@H]7CCC(=O)NC7=O)C8=O)CC5)C6)CC4)nc3c2F)c2c(F)c(F)ccc2c1. The second kappa shape index (κ2) is 21.0. The molecule has 0 radical (unpaired) electrons. The maximum atomic E-state index is 17.5. The minimum absolute atomic E-state index is 0.0285. The number of halogens is 4. The quantitative estimate of drug-likeness (QED) is 0.0640. The molecular weight excluding hydrogens is 1080 g/mol. The van der Waals surface area contributed by atoms with Gasteiger partial charge in [-0.05, 0) is 144 Å². The van der Waals surface area contributed by atoms with Crippen molar-refractivity contribution in [2.24, 2.45) is 10.8 Å². The second-order valence-corrected chi connectivity index (χ2v) is 25.7. The molecule has 5 saturated heterocycles. The Kier molecular flexibility index (Phi) is 14.0. The van der Waals surface area contributed by atoms with Gasteiger partial charge in [0.1, 0.15) is 40.1 Å². The molecule has 18 nitrogen and oxygen atoms in total. The number of piperazine rings is 2. The van der Waals surface area contributed by atoms with Crippen molar-refractivity contribution >= 4 is 57.0 Å². The number of piperidine rings is 2. The number of anilines is 2. The number of hydrogen-bond donors (Lipinski definition) is 1. The lowest BCUT2D eigenvalue weighted by molar-refractivity contribution is -0.136. The van der Waals surface area contributed by atoms with Crippen LogP contribution in [0.1, 0.15) is 101 Å². The number of amides is 4. The molecular formula is C61H70F4N10O8. The summed E-state index contributed by atoms with van der Waals surface area (Å²) in [5.41, 5.74) is -0.106. The number of aromatic nitrogens is 3. The number of methoxy groups -OCH3 is 1. The van der Waals surface area contributed by atoms with Crippen LogP contribution in [0, 0.1) is 28.3 Å². The fraction of sp³-hybridized carbons (Fsp3) is 0.557. The number of nitrogens with one attached hydrogen (secondary N) is 1. The van der Waals surface area contributed by atoms with E-state index < -0.39 is 40.7 Å². The molecule has 2 saturated carbocycles. The number of rotatable bonds is 14. The molecule has 440 valence electrons. The molecule has 22 heteroatoms. The van der Waals surface area contributed by atoms with E-state index in [1.807, 2.05) is 48.8 Å². The second-order valence-electron chi connectivity index (χ2n) is 25.7. The molecule has 2 aromatic heterocycles. The predicted octanol–water partition coefficient (Wildman–Crippen LogP) is 8.16. The summed E-state index contributed by atoms with van der Waals surface area (Å²) in [7, 11) is 1.45. The molecule has 6 aliphatic heterocycles. The Hall–Kier alpha value is -6.91. The number of benzene rings is 3. The fourth-order valence-corrected chi connectivity index (χ4v) is 14.5. The zero-order valence-corrected chi connectivity index (χ0v) is 47.4. The van der Waals surface area contributed by atoms with Gasteiger partial charge in [0.05, 0.1) is 24.1 Å². The third kappa shape index (κ3) is 10.6. The van der Waals surface area contributed by atoms with Crippen LogP contribution in [0.4, 0.5) is 33.9 Å². The van der Waals surface area contributed by atoms with Crippen molar-refractivity contribution in [2.75, 3.05) is 95.8 Å².